The fourth-order valence-corrected chi connectivity index (χ4v) is 5.23. The lowest BCUT2D eigenvalue weighted by atomic mass is 10.0. The predicted molar refractivity (Wildman–Crippen MR) is 139 cm³/mol. The molecule has 3 rings (SSSR count). The highest BCUT2D eigenvalue weighted by Crippen LogP contribution is 2.30. The van der Waals surface area contributed by atoms with Gasteiger partial charge in [-0.05, 0) is 50.5 Å². The van der Waals surface area contributed by atoms with Crippen LogP contribution in [0, 0.1) is 20.8 Å². The fourth-order valence-electron chi connectivity index (χ4n) is 4.19. The average molecular weight is 449 g/mol. The molecule has 1 heterocycles. The molecule has 170 valence electrons. The van der Waals surface area contributed by atoms with Crippen LogP contribution in [-0.4, -0.2) is 16.1 Å². The molecule has 0 aliphatic carbocycles. The Hall–Kier alpha value is -2.33. The van der Waals surface area contributed by atoms with Gasteiger partial charge in [0.15, 0.2) is 0 Å². The Balaban J connectivity index is 1.73. The van der Waals surface area contributed by atoms with Crippen molar-refractivity contribution in [3.63, 3.8) is 0 Å². The zero-order valence-corrected chi connectivity index (χ0v) is 20.7. The molecule has 1 atom stereocenters. The number of hydrogen-bond donors (Lipinski definition) is 1. The van der Waals surface area contributed by atoms with Gasteiger partial charge in [-0.25, -0.2) is 4.98 Å². The van der Waals surface area contributed by atoms with Gasteiger partial charge in [-0.2, -0.15) is 0 Å². The number of benzene rings is 2. The molecule has 0 aliphatic heterocycles. The first-order valence-corrected chi connectivity index (χ1v) is 12.8. The van der Waals surface area contributed by atoms with E-state index in [1.54, 1.807) is 11.8 Å². The summed E-state index contributed by atoms with van der Waals surface area (Å²) in [5, 5.41) is 5.11. The van der Waals surface area contributed by atoms with E-state index < -0.39 is 0 Å². The standard InChI is InChI=1S/C28H36N2OS/c1-5-6-7-8-9-10-15-25(28(31)30-27-21(3)18-20(2)19-22(27)4)32-26-17-16-23-13-11-12-14-24(23)29-26/h11-14,16-19,25H,5-10,15H2,1-4H3,(H,30,31). The molecule has 0 saturated carbocycles. The molecule has 1 N–H and O–H groups in total. The lowest BCUT2D eigenvalue weighted by Gasteiger charge is -2.19. The summed E-state index contributed by atoms with van der Waals surface area (Å²) in [6, 6.07) is 16.5. The molecule has 0 spiro atoms. The van der Waals surface area contributed by atoms with E-state index in [9.17, 15) is 4.79 Å². The van der Waals surface area contributed by atoms with Crippen molar-refractivity contribution >= 4 is 34.3 Å². The second kappa shape index (κ2) is 12.1. The third-order valence-corrected chi connectivity index (χ3v) is 7.08. The second-order valence-electron chi connectivity index (χ2n) is 8.77. The van der Waals surface area contributed by atoms with E-state index in [0.717, 1.165) is 45.6 Å². The fraction of sp³-hybridized carbons (Fsp3) is 0.429. The number of thioether (sulfide) groups is 1. The summed E-state index contributed by atoms with van der Waals surface area (Å²) in [5.74, 6) is 0.0774. The SMILES string of the molecule is CCCCCCCCC(Sc1ccc2ccccc2n1)C(=O)Nc1c(C)cc(C)cc1C. The number of nitrogens with one attached hydrogen (secondary N) is 1. The number of hydrogen-bond acceptors (Lipinski definition) is 3. The van der Waals surface area contributed by atoms with Crippen LogP contribution in [0.25, 0.3) is 10.9 Å². The number of nitrogens with zero attached hydrogens (tertiary/aromatic N) is 1. The first-order valence-electron chi connectivity index (χ1n) is 11.9. The van der Waals surface area contributed by atoms with Crippen molar-refractivity contribution in [3.8, 4) is 0 Å². The first kappa shape index (κ1) is 24.3. The van der Waals surface area contributed by atoms with Crippen LogP contribution in [0.2, 0.25) is 0 Å². The highest BCUT2D eigenvalue weighted by atomic mass is 32.2. The Morgan fingerprint density at radius 3 is 2.38 bits per heavy atom. The molecule has 0 aliphatic rings. The largest absolute Gasteiger partial charge is 0.325 e. The molecular formula is C28H36N2OS. The monoisotopic (exact) mass is 448 g/mol. The number of unbranched alkanes of at least 4 members (excludes halogenated alkanes) is 5. The van der Waals surface area contributed by atoms with Crippen LogP contribution in [0.3, 0.4) is 0 Å². The highest BCUT2D eigenvalue weighted by molar-refractivity contribution is 8.00. The van der Waals surface area contributed by atoms with Crippen LogP contribution in [0.15, 0.2) is 53.6 Å². The number of amides is 1. The molecule has 0 fully saturated rings. The molecule has 1 unspecified atom stereocenters. The number of fused-ring (bicyclic) bond motifs is 1. The van der Waals surface area contributed by atoms with Crippen molar-refractivity contribution in [1.29, 1.82) is 0 Å². The second-order valence-corrected chi connectivity index (χ2v) is 9.99. The Morgan fingerprint density at radius 2 is 1.62 bits per heavy atom. The summed E-state index contributed by atoms with van der Waals surface area (Å²) in [6.07, 6.45) is 8.19. The van der Waals surface area contributed by atoms with Crippen LogP contribution in [0.4, 0.5) is 5.69 Å². The van der Waals surface area contributed by atoms with Crippen LogP contribution in [0.1, 0.15) is 68.6 Å². The molecule has 0 saturated heterocycles. The highest BCUT2D eigenvalue weighted by Gasteiger charge is 2.22. The van der Waals surface area contributed by atoms with Crippen LogP contribution >= 0.6 is 11.8 Å². The Morgan fingerprint density at radius 1 is 0.938 bits per heavy atom. The molecule has 1 aromatic heterocycles. The van der Waals surface area contributed by atoms with Crippen LogP contribution in [-0.2, 0) is 4.79 Å². The molecule has 0 bridgehead atoms. The van der Waals surface area contributed by atoms with Gasteiger partial charge < -0.3 is 5.32 Å². The van der Waals surface area contributed by atoms with E-state index in [-0.39, 0.29) is 11.2 Å². The van der Waals surface area contributed by atoms with Crippen molar-refractivity contribution in [2.45, 2.75) is 82.9 Å². The topological polar surface area (TPSA) is 42.0 Å². The van der Waals surface area contributed by atoms with Crippen molar-refractivity contribution in [1.82, 2.24) is 4.98 Å². The van der Waals surface area contributed by atoms with Crippen molar-refractivity contribution < 1.29 is 4.79 Å². The third-order valence-electron chi connectivity index (χ3n) is 5.87. The van der Waals surface area contributed by atoms with Gasteiger partial charge in [0.05, 0.1) is 15.8 Å². The van der Waals surface area contributed by atoms with Crippen molar-refractivity contribution in [3.05, 3.63) is 65.2 Å². The number of para-hydroxylation sites is 1. The summed E-state index contributed by atoms with van der Waals surface area (Å²) in [7, 11) is 0. The molecular weight excluding hydrogens is 412 g/mol. The lowest BCUT2D eigenvalue weighted by Crippen LogP contribution is -2.26. The number of pyridine rings is 1. The number of aromatic nitrogens is 1. The molecule has 3 nitrogen and oxygen atoms in total. The maximum Gasteiger partial charge on any atom is 0.237 e. The molecule has 4 heteroatoms. The lowest BCUT2D eigenvalue weighted by molar-refractivity contribution is -0.115. The molecule has 3 aromatic rings. The minimum atomic E-state index is -0.157. The number of carbonyl (C=O) groups excluding carboxylic acids is 1. The van der Waals surface area contributed by atoms with Gasteiger partial charge in [0.1, 0.15) is 0 Å². The molecule has 0 radical (unpaired) electrons. The van der Waals surface area contributed by atoms with Gasteiger partial charge in [-0.3, -0.25) is 4.79 Å². The van der Waals surface area contributed by atoms with Gasteiger partial charge in [0.2, 0.25) is 5.91 Å². The van der Waals surface area contributed by atoms with E-state index in [1.807, 2.05) is 24.3 Å². The molecule has 32 heavy (non-hydrogen) atoms. The zero-order valence-electron chi connectivity index (χ0n) is 19.9. The van der Waals surface area contributed by atoms with Gasteiger partial charge >= 0.3 is 0 Å². The Kier molecular flexibility index (Phi) is 9.16. The van der Waals surface area contributed by atoms with Gasteiger partial charge in [-0.15, -0.1) is 0 Å². The minimum Gasteiger partial charge on any atom is -0.325 e. The minimum absolute atomic E-state index is 0.0774. The Bertz CT molecular complexity index is 1020. The van der Waals surface area contributed by atoms with Crippen LogP contribution in [0.5, 0.6) is 0 Å². The van der Waals surface area contributed by atoms with Crippen molar-refractivity contribution in [2.24, 2.45) is 0 Å². The Labute approximate surface area is 197 Å². The predicted octanol–water partition coefficient (Wildman–Crippen LogP) is 8.01. The maximum atomic E-state index is 13.4. The number of rotatable bonds is 11. The molecule has 2 aromatic carbocycles. The normalized spacial score (nSPS) is 12.1. The van der Waals surface area contributed by atoms with Crippen molar-refractivity contribution in [2.75, 3.05) is 5.32 Å². The van der Waals surface area contributed by atoms with E-state index in [2.05, 4.69) is 57.3 Å². The van der Waals surface area contributed by atoms with Crippen LogP contribution < -0.4 is 5.32 Å². The summed E-state index contributed by atoms with van der Waals surface area (Å²) in [5.41, 5.74) is 5.37. The van der Waals surface area contributed by atoms with Gasteiger partial charge in [0.25, 0.3) is 0 Å². The van der Waals surface area contributed by atoms with Gasteiger partial charge in [-0.1, -0.05) is 99.2 Å². The first-order chi connectivity index (χ1) is 15.5. The number of aryl methyl sites for hydroxylation is 3. The van der Waals surface area contributed by atoms with E-state index in [0.29, 0.717) is 0 Å². The average Bonchev–Trinajstić information content (AvgIpc) is 2.77. The quantitative estimate of drug-likeness (QED) is 0.238. The summed E-state index contributed by atoms with van der Waals surface area (Å²) >= 11 is 1.59. The van der Waals surface area contributed by atoms with E-state index >= 15 is 0 Å². The summed E-state index contributed by atoms with van der Waals surface area (Å²) < 4.78 is 0. The summed E-state index contributed by atoms with van der Waals surface area (Å²) in [4.78, 5) is 18.2. The third kappa shape index (κ3) is 6.83. The number of anilines is 1. The summed E-state index contributed by atoms with van der Waals surface area (Å²) in [6.45, 7) is 8.46. The number of carbonyl (C=O) groups is 1. The van der Waals surface area contributed by atoms with E-state index in [4.69, 9.17) is 4.98 Å². The molecule has 1 amide bonds. The maximum absolute atomic E-state index is 13.4. The van der Waals surface area contributed by atoms with E-state index in [1.165, 1.54) is 37.7 Å². The smallest absolute Gasteiger partial charge is 0.237 e. The zero-order chi connectivity index (χ0) is 22.9. The van der Waals surface area contributed by atoms with Gasteiger partial charge in [0, 0.05) is 11.1 Å².